The van der Waals surface area contributed by atoms with Crippen molar-refractivity contribution in [2.75, 3.05) is 6.61 Å². The third-order valence-corrected chi connectivity index (χ3v) is 5.56. The maximum Gasteiger partial charge on any atom is 0.337 e. The van der Waals surface area contributed by atoms with E-state index in [1.807, 2.05) is 47.0 Å². The lowest BCUT2D eigenvalue weighted by Crippen LogP contribution is -2.13. The Morgan fingerprint density at radius 2 is 1.79 bits per heavy atom. The number of ether oxygens (including phenoxy) is 1. The number of carbonyl (C=O) groups excluding carboxylic acids is 1. The van der Waals surface area contributed by atoms with Gasteiger partial charge in [-0.25, -0.2) is 4.79 Å². The number of hydrogen-bond acceptors (Lipinski definition) is 4. The molecule has 3 aromatic carbocycles. The van der Waals surface area contributed by atoms with Crippen LogP contribution in [0, 0.1) is 0 Å². The first-order valence-corrected chi connectivity index (χ1v) is 10.4. The van der Waals surface area contributed by atoms with E-state index in [9.17, 15) is 19.8 Å². The largest absolute Gasteiger partial charge is 0.479 e. The van der Waals surface area contributed by atoms with Crippen molar-refractivity contribution in [3.8, 4) is 0 Å². The second-order valence-corrected chi connectivity index (χ2v) is 7.76. The Morgan fingerprint density at radius 1 is 1.03 bits per heavy atom. The number of carbonyl (C=O) groups is 2. The minimum atomic E-state index is -1.79. The van der Waals surface area contributed by atoms with Crippen LogP contribution in [-0.4, -0.2) is 33.3 Å². The number of aliphatic hydroxyl groups is 1. The first kappa shape index (κ1) is 22.3. The molecule has 4 rings (SSSR count). The Kier molecular flexibility index (Phi) is 6.26. The van der Waals surface area contributed by atoms with Crippen molar-refractivity contribution >= 4 is 33.7 Å². The molecule has 0 fully saturated rings. The summed E-state index contributed by atoms with van der Waals surface area (Å²) < 4.78 is 7.58. The van der Waals surface area contributed by atoms with Crippen LogP contribution < -0.4 is 5.73 Å². The summed E-state index contributed by atoms with van der Waals surface area (Å²) in [6.45, 7) is 4.64. The number of aliphatic hydroxyl groups excluding tert-OH is 1. The number of nitrogens with two attached hydrogens (primary N) is 1. The molecule has 0 aliphatic heterocycles. The molecule has 33 heavy (non-hydrogen) atoms. The molecule has 0 saturated carbocycles. The van der Waals surface area contributed by atoms with Crippen molar-refractivity contribution in [3.63, 3.8) is 0 Å². The minimum absolute atomic E-state index is 0.183. The molecule has 1 amide bonds. The smallest absolute Gasteiger partial charge is 0.337 e. The molecule has 0 spiro atoms. The van der Waals surface area contributed by atoms with Gasteiger partial charge in [-0.2, -0.15) is 0 Å². The van der Waals surface area contributed by atoms with E-state index in [-0.39, 0.29) is 17.7 Å². The van der Waals surface area contributed by atoms with Crippen molar-refractivity contribution in [2.24, 2.45) is 5.73 Å². The quantitative estimate of drug-likeness (QED) is 0.269. The molecule has 7 heteroatoms. The van der Waals surface area contributed by atoms with E-state index in [0.717, 1.165) is 5.56 Å². The number of benzene rings is 3. The van der Waals surface area contributed by atoms with Crippen LogP contribution in [0.15, 0.2) is 73.3 Å². The predicted molar refractivity (Wildman–Crippen MR) is 126 cm³/mol. The molecule has 1 aromatic heterocycles. The molecule has 1 heterocycles. The number of aromatic nitrogens is 1. The maximum absolute atomic E-state index is 12.3. The molecule has 1 unspecified atom stereocenters. The van der Waals surface area contributed by atoms with Crippen LogP contribution in [-0.2, 0) is 22.7 Å². The van der Waals surface area contributed by atoms with Crippen LogP contribution in [0.2, 0.25) is 0 Å². The summed E-state index contributed by atoms with van der Waals surface area (Å²) in [7, 11) is 0. The van der Waals surface area contributed by atoms with E-state index < -0.39 is 18.0 Å². The van der Waals surface area contributed by atoms with Crippen molar-refractivity contribution in [2.45, 2.75) is 19.3 Å². The lowest BCUT2D eigenvalue weighted by molar-refractivity contribution is -0.146. The van der Waals surface area contributed by atoms with E-state index >= 15 is 0 Å². The van der Waals surface area contributed by atoms with Gasteiger partial charge in [-0.3, -0.25) is 4.79 Å². The SMILES string of the molecule is C=CCOCc1cc(C(O)C(=O)O)c2c3c(C(N)=O)cccc3n(Cc3ccccc3)c2c1. The summed E-state index contributed by atoms with van der Waals surface area (Å²) >= 11 is 0. The number of hydrogen-bond donors (Lipinski definition) is 3. The van der Waals surface area contributed by atoms with Gasteiger partial charge >= 0.3 is 5.97 Å². The molecule has 0 aliphatic rings. The van der Waals surface area contributed by atoms with Gasteiger partial charge in [0.05, 0.1) is 24.2 Å². The molecule has 7 nitrogen and oxygen atoms in total. The number of fused-ring (bicyclic) bond motifs is 3. The summed E-state index contributed by atoms with van der Waals surface area (Å²) in [6.07, 6.45) is -0.166. The van der Waals surface area contributed by atoms with Crippen molar-refractivity contribution in [3.05, 3.63) is 95.6 Å². The summed E-state index contributed by atoms with van der Waals surface area (Å²) in [5.41, 5.74) is 9.23. The second kappa shape index (κ2) is 9.28. The molecule has 168 valence electrons. The first-order chi connectivity index (χ1) is 15.9. The fourth-order valence-electron chi connectivity index (χ4n) is 4.19. The number of aliphatic carboxylic acids is 1. The summed E-state index contributed by atoms with van der Waals surface area (Å²) in [4.78, 5) is 24.1. The molecule has 0 aliphatic carbocycles. The van der Waals surface area contributed by atoms with E-state index in [0.29, 0.717) is 40.5 Å². The van der Waals surface area contributed by atoms with Crippen LogP contribution in [0.1, 0.15) is 33.2 Å². The number of amides is 1. The average Bonchev–Trinajstić information content (AvgIpc) is 3.12. The van der Waals surface area contributed by atoms with Crippen LogP contribution in [0.3, 0.4) is 0 Å². The lowest BCUT2D eigenvalue weighted by atomic mass is 9.96. The highest BCUT2D eigenvalue weighted by Crippen LogP contribution is 2.38. The average molecular weight is 444 g/mol. The highest BCUT2D eigenvalue weighted by atomic mass is 16.5. The van der Waals surface area contributed by atoms with Gasteiger partial charge in [-0.1, -0.05) is 42.5 Å². The van der Waals surface area contributed by atoms with Gasteiger partial charge in [0.2, 0.25) is 5.91 Å². The van der Waals surface area contributed by atoms with Crippen LogP contribution >= 0.6 is 0 Å². The summed E-state index contributed by atoms with van der Waals surface area (Å²) in [5.74, 6) is -2.02. The molecule has 0 saturated heterocycles. The van der Waals surface area contributed by atoms with E-state index in [2.05, 4.69) is 6.58 Å². The maximum atomic E-state index is 12.3. The number of carboxylic acids is 1. The Balaban J connectivity index is 2.09. The van der Waals surface area contributed by atoms with Crippen molar-refractivity contribution in [1.29, 1.82) is 0 Å². The fourth-order valence-corrected chi connectivity index (χ4v) is 4.19. The second-order valence-electron chi connectivity index (χ2n) is 7.76. The van der Waals surface area contributed by atoms with Gasteiger partial charge < -0.3 is 25.3 Å². The topological polar surface area (TPSA) is 115 Å². The van der Waals surface area contributed by atoms with Gasteiger partial charge in [-0.15, -0.1) is 6.58 Å². The third-order valence-electron chi connectivity index (χ3n) is 5.56. The van der Waals surface area contributed by atoms with Gasteiger partial charge in [0.25, 0.3) is 0 Å². The van der Waals surface area contributed by atoms with Gasteiger partial charge in [0, 0.05) is 28.4 Å². The standard InChI is InChI=1S/C26H24N2O5/c1-2-11-33-15-17-12-19(24(29)26(31)32)23-21(13-17)28(14-16-7-4-3-5-8-16)20-10-6-9-18(22(20)23)25(27)30/h2-10,12-13,24,29H,1,11,14-15H2,(H2,27,30)(H,31,32). The number of carboxylic acid groups (broad SMARTS) is 1. The van der Waals surface area contributed by atoms with Crippen LogP contribution in [0.25, 0.3) is 21.8 Å². The zero-order valence-corrected chi connectivity index (χ0v) is 17.9. The van der Waals surface area contributed by atoms with Gasteiger partial charge in [0.1, 0.15) is 0 Å². The molecular weight excluding hydrogens is 420 g/mol. The van der Waals surface area contributed by atoms with E-state index in [4.69, 9.17) is 10.5 Å². The zero-order chi connectivity index (χ0) is 23.5. The van der Waals surface area contributed by atoms with Crippen LogP contribution in [0.4, 0.5) is 0 Å². The lowest BCUT2D eigenvalue weighted by Gasteiger charge is -2.13. The Morgan fingerprint density at radius 3 is 2.45 bits per heavy atom. The first-order valence-electron chi connectivity index (χ1n) is 10.4. The molecule has 0 bridgehead atoms. The van der Waals surface area contributed by atoms with Gasteiger partial charge in [-0.05, 0) is 35.4 Å². The van der Waals surface area contributed by atoms with Crippen molar-refractivity contribution < 1.29 is 24.5 Å². The highest BCUT2D eigenvalue weighted by molar-refractivity contribution is 6.19. The van der Waals surface area contributed by atoms with Crippen LogP contribution in [0.5, 0.6) is 0 Å². The van der Waals surface area contributed by atoms with E-state index in [1.54, 1.807) is 24.3 Å². The molecule has 0 radical (unpaired) electrons. The summed E-state index contributed by atoms with van der Waals surface area (Å²) in [5, 5.41) is 21.2. The minimum Gasteiger partial charge on any atom is -0.479 e. The Bertz CT molecular complexity index is 1360. The number of rotatable bonds is 9. The number of nitrogens with zero attached hydrogens (tertiary/aromatic N) is 1. The molecular formula is C26H24N2O5. The molecule has 4 aromatic rings. The Hall–Kier alpha value is -3.94. The fraction of sp³-hybridized carbons (Fsp3) is 0.154. The monoisotopic (exact) mass is 444 g/mol. The van der Waals surface area contributed by atoms with Gasteiger partial charge in [0.15, 0.2) is 6.10 Å². The third kappa shape index (κ3) is 4.24. The highest BCUT2D eigenvalue weighted by Gasteiger charge is 2.26. The van der Waals surface area contributed by atoms with E-state index in [1.165, 1.54) is 0 Å². The number of primary amides is 1. The summed E-state index contributed by atoms with van der Waals surface area (Å²) in [6, 6.07) is 18.5. The Labute approximate surface area is 190 Å². The van der Waals surface area contributed by atoms with Crippen molar-refractivity contribution in [1.82, 2.24) is 4.57 Å². The zero-order valence-electron chi connectivity index (χ0n) is 17.9. The molecule has 1 atom stereocenters. The normalized spacial score (nSPS) is 12.2. The molecule has 4 N–H and O–H groups in total. The predicted octanol–water partition coefficient (Wildman–Crippen LogP) is 3.76.